The summed E-state index contributed by atoms with van der Waals surface area (Å²) in [6.45, 7) is 2.20. The van der Waals surface area contributed by atoms with E-state index < -0.39 is 6.04 Å². The van der Waals surface area contributed by atoms with E-state index in [-0.39, 0.29) is 11.7 Å². The lowest BCUT2D eigenvalue weighted by Gasteiger charge is -2.38. The van der Waals surface area contributed by atoms with E-state index in [0.717, 1.165) is 22.3 Å². The number of rotatable bonds is 5. The Morgan fingerprint density at radius 3 is 2.40 bits per heavy atom. The Morgan fingerprint density at radius 2 is 1.71 bits per heavy atom. The summed E-state index contributed by atoms with van der Waals surface area (Å²) >= 11 is 0. The molecular weight excluding hydrogens is 447 g/mol. The fourth-order valence-corrected chi connectivity index (χ4v) is 4.73. The van der Waals surface area contributed by atoms with Gasteiger partial charge >= 0.3 is 0 Å². The van der Waals surface area contributed by atoms with Gasteiger partial charge in [0, 0.05) is 12.1 Å². The monoisotopic (exact) mass is 472 g/mol. The van der Waals surface area contributed by atoms with E-state index in [1.807, 2.05) is 42.5 Å². The van der Waals surface area contributed by atoms with Gasteiger partial charge in [-0.15, -0.1) is 0 Å². The molecule has 0 radical (unpaired) electrons. The summed E-state index contributed by atoms with van der Waals surface area (Å²) in [6, 6.07) is 19.1. The van der Waals surface area contributed by atoms with Crippen LogP contribution in [-0.4, -0.2) is 36.7 Å². The lowest BCUT2D eigenvalue weighted by atomic mass is 9.87. The first kappa shape index (κ1) is 22.7. The van der Waals surface area contributed by atoms with Gasteiger partial charge in [0.2, 0.25) is 0 Å². The Labute approximate surface area is 202 Å². The van der Waals surface area contributed by atoms with Crippen molar-refractivity contribution in [3.63, 3.8) is 0 Å². The minimum atomic E-state index is -0.454. The van der Waals surface area contributed by atoms with Gasteiger partial charge in [-0.3, -0.25) is 4.79 Å². The van der Waals surface area contributed by atoms with Crippen molar-refractivity contribution in [2.75, 3.05) is 20.8 Å². The summed E-state index contributed by atoms with van der Waals surface area (Å²) in [4.78, 5) is 15.9. The standard InChI is InChI=1S/C28H25FN2O4/c1-17-25(26(30-35-17)18-7-5-4-6-8-18)28(32)31-14-13-20-15-23(33-2)24(34-3)16-22(20)27(31)19-9-11-21(29)12-10-19/h4-12,15-16,27H,13-14H2,1-3H3/t27-/m0/s1. The number of hydrogen-bond acceptors (Lipinski definition) is 5. The maximum atomic E-state index is 14.1. The van der Waals surface area contributed by atoms with Crippen LogP contribution in [0.25, 0.3) is 11.3 Å². The van der Waals surface area contributed by atoms with Crippen LogP contribution in [0.5, 0.6) is 11.5 Å². The molecule has 1 atom stereocenters. The molecule has 0 aliphatic carbocycles. The number of ether oxygens (including phenoxy) is 2. The molecule has 0 N–H and O–H groups in total. The largest absolute Gasteiger partial charge is 0.493 e. The van der Waals surface area contributed by atoms with Gasteiger partial charge in [-0.2, -0.15) is 0 Å². The molecule has 0 bridgehead atoms. The number of halogens is 1. The molecular formula is C28H25FN2O4. The number of fused-ring (bicyclic) bond motifs is 1. The molecule has 35 heavy (non-hydrogen) atoms. The molecule has 5 rings (SSSR count). The van der Waals surface area contributed by atoms with Crippen molar-refractivity contribution in [3.05, 3.63) is 101 Å². The van der Waals surface area contributed by atoms with Gasteiger partial charge in [-0.25, -0.2) is 4.39 Å². The lowest BCUT2D eigenvalue weighted by molar-refractivity contribution is 0.0693. The third-order valence-electron chi connectivity index (χ3n) is 6.44. The molecule has 1 aromatic heterocycles. The second kappa shape index (κ2) is 9.25. The third kappa shape index (κ3) is 4.03. The molecule has 1 aliphatic rings. The Morgan fingerprint density at radius 1 is 1.03 bits per heavy atom. The quantitative estimate of drug-likeness (QED) is 0.379. The molecule has 1 amide bonds. The SMILES string of the molecule is COc1cc2c(cc1OC)[C@H](c1ccc(F)cc1)N(C(=O)c1c(-c3ccccc3)noc1C)CC2. The Kier molecular flexibility index (Phi) is 5.99. The Hall–Kier alpha value is -4.13. The Bertz CT molecular complexity index is 1370. The highest BCUT2D eigenvalue weighted by atomic mass is 19.1. The second-order valence-corrected chi connectivity index (χ2v) is 8.44. The van der Waals surface area contributed by atoms with Gasteiger partial charge in [0.25, 0.3) is 5.91 Å². The summed E-state index contributed by atoms with van der Waals surface area (Å²) in [7, 11) is 3.18. The van der Waals surface area contributed by atoms with Crippen molar-refractivity contribution in [2.45, 2.75) is 19.4 Å². The van der Waals surface area contributed by atoms with E-state index in [0.29, 0.717) is 41.5 Å². The van der Waals surface area contributed by atoms with E-state index >= 15 is 0 Å². The fourth-order valence-electron chi connectivity index (χ4n) is 4.73. The van der Waals surface area contributed by atoms with Crippen molar-refractivity contribution < 1.29 is 23.2 Å². The zero-order chi connectivity index (χ0) is 24.5. The van der Waals surface area contributed by atoms with E-state index in [4.69, 9.17) is 14.0 Å². The molecule has 2 heterocycles. The van der Waals surface area contributed by atoms with E-state index in [1.165, 1.54) is 12.1 Å². The molecule has 4 aromatic rings. The summed E-state index contributed by atoms with van der Waals surface area (Å²) in [6.07, 6.45) is 0.629. The van der Waals surface area contributed by atoms with E-state index in [1.54, 1.807) is 38.2 Å². The maximum absolute atomic E-state index is 14.1. The predicted molar refractivity (Wildman–Crippen MR) is 129 cm³/mol. The normalized spacial score (nSPS) is 15.0. The third-order valence-corrected chi connectivity index (χ3v) is 6.44. The van der Waals surface area contributed by atoms with Gasteiger partial charge in [0.1, 0.15) is 22.8 Å². The van der Waals surface area contributed by atoms with Crippen LogP contribution in [0.15, 0.2) is 71.3 Å². The minimum Gasteiger partial charge on any atom is -0.493 e. The highest BCUT2D eigenvalue weighted by molar-refractivity contribution is 6.01. The molecule has 0 saturated heterocycles. The van der Waals surface area contributed by atoms with E-state index in [2.05, 4.69) is 5.16 Å². The molecule has 3 aromatic carbocycles. The number of nitrogens with zero attached hydrogens (tertiary/aromatic N) is 2. The molecule has 0 saturated carbocycles. The summed E-state index contributed by atoms with van der Waals surface area (Å²) in [5, 5.41) is 4.20. The topological polar surface area (TPSA) is 64.8 Å². The first-order valence-electron chi connectivity index (χ1n) is 11.3. The number of benzene rings is 3. The molecule has 178 valence electrons. The lowest BCUT2D eigenvalue weighted by Crippen LogP contribution is -2.41. The molecule has 0 spiro atoms. The van der Waals surface area contributed by atoms with Crippen LogP contribution in [0.3, 0.4) is 0 Å². The van der Waals surface area contributed by atoms with Crippen molar-refractivity contribution in [1.82, 2.24) is 10.1 Å². The molecule has 0 fully saturated rings. The Balaban J connectivity index is 1.65. The maximum Gasteiger partial charge on any atom is 0.260 e. The number of methoxy groups -OCH3 is 2. The van der Waals surface area contributed by atoms with Crippen LogP contribution in [-0.2, 0) is 6.42 Å². The molecule has 6 nitrogen and oxygen atoms in total. The van der Waals surface area contributed by atoms with Gasteiger partial charge in [0.05, 0.1) is 20.3 Å². The highest BCUT2D eigenvalue weighted by Gasteiger charge is 2.36. The van der Waals surface area contributed by atoms with Crippen molar-refractivity contribution in [2.24, 2.45) is 0 Å². The number of carbonyl (C=O) groups is 1. The zero-order valence-electron chi connectivity index (χ0n) is 19.7. The van der Waals surface area contributed by atoms with Gasteiger partial charge in [-0.05, 0) is 54.3 Å². The average molecular weight is 473 g/mol. The van der Waals surface area contributed by atoms with Crippen molar-refractivity contribution >= 4 is 5.91 Å². The molecule has 7 heteroatoms. The van der Waals surface area contributed by atoms with Crippen molar-refractivity contribution in [1.29, 1.82) is 0 Å². The van der Waals surface area contributed by atoms with Gasteiger partial charge in [-0.1, -0.05) is 47.6 Å². The highest BCUT2D eigenvalue weighted by Crippen LogP contribution is 2.42. The second-order valence-electron chi connectivity index (χ2n) is 8.44. The van der Waals surface area contributed by atoms with Gasteiger partial charge < -0.3 is 18.9 Å². The fraction of sp³-hybridized carbons (Fsp3) is 0.214. The van der Waals surface area contributed by atoms with E-state index in [9.17, 15) is 9.18 Å². The molecule has 0 unspecified atom stereocenters. The number of hydrogen-bond donors (Lipinski definition) is 0. The molecule has 1 aliphatic heterocycles. The number of carbonyl (C=O) groups excluding carboxylic acids is 1. The van der Waals surface area contributed by atoms with Crippen LogP contribution in [0.4, 0.5) is 4.39 Å². The first-order valence-corrected chi connectivity index (χ1v) is 11.3. The summed E-state index contributed by atoms with van der Waals surface area (Å²) in [5.41, 5.74) is 4.48. The average Bonchev–Trinajstić information content (AvgIpc) is 3.29. The summed E-state index contributed by atoms with van der Waals surface area (Å²) < 4.78 is 30.3. The van der Waals surface area contributed by atoms with Gasteiger partial charge in [0.15, 0.2) is 11.5 Å². The van der Waals surface area contributed by atoms with Crippen LogP contribution in [0, 0.1) is 12.7 Å². The van der Waals surface area contributed by atoms with Crippen molar-refractivity contribution in [3.8, 4) is 22.8 Å². The van der Waals surface area contributed by atoms with Crippen LogP contribution in [0.1, 0.15) is 38.9 Å². The predicted octanol–water partition coefficient (Wildman–Crippen LogP) is 5.59. The number of aromatic nitrogens is 1. The van der Waals surface area contributed by atoms with Crippen LogP contribution >= 0.6 is 0 Å². The number of amides is 1. The van der Waals surface area contributed by atoms with Crippen LogP contribution in [0.2, 0.25) is 0 Å². The zero-order valence-corrected chi connectivity index (χ0v) is 19.7. The number of aryl methyl sites for hydroxylation is 1. The van der Waals surface area contributed by atoms with Crippen LogP contribution < -0.4 is 9.47 Å². The smallest absolute Gasteiger partial charge is 0.260 e. The summed E-state index contributed by atoms with van der Waals surface area (Å²) in [5.74, 6) is 1.11. The minimum absolute atomic E-state index is 0.197. The first-order chi connectivity index (χ1) is 17.0.